The summed E-state index contributed by atoms with van der Waals surface area (Å²) in [5.41, 5.74) is 5.43. The molecule has 0 aliphatic carbocycles. The maximum Gasteiger partial charge on any atom is 0.136 e. The van der Waals surface area contributed by atoms with E-state index >= 15 is 0 Å². The Morgan fingerprint density at radius 2 is 1.68 bits per heavy atom. The molecule has 0 saturated carbocycles. The molecule has 1 aromatic carbocycles. The van der Waals surface area contributed by atoms with Crippen molar-refractivity contribution >= 4 is 17.4 Å². The Bertz CT molecular complexity index is 413. The lowest BCUT2D eigenvalue weighted by Crippen LogP contribution is -2.57. The van der Waals surface area contributed by atoms with Crippen molar-refractivity contribution in [1.82, 2.24) is 0 Å². The van der Waals surface area contributed by atoms with Crippen LogP contribution < -0.4 is 5.73 Å². The second-order valence-electron chi connectivity index (χ2n) is 4.38. The minimum atomic E-state index is -1.35. The minimum absolute atomic E-state index is 0.427. The van der Waals surface area contributed by atoms with E-state index in [1.807, 2.05) is 0 Å². The van der Waals surface area contributed by atoms with Gasteiger partial charge in [-0.25, -0.2) is 0 Å². The SMILES string of the molecule is Nc1ccc(S[C@H]2O[C@H](CO)[C@H](O)[C@H](O)[C@H]2O)cc1. The van der Waals surface area contributed by atoms with E-state index in [2.05, 4.69) is 0 Å². The molecule has 0 aromatic heterocycles. The number of hydrogen-bond donors (Lipinski definition) is 5. The zero-order valence-electron chi connectivity index (χ0n) is 10.1. The third kappa shape index (κ3) is 3.19. The van der Waals surface area contributed by atoms with Gasteiger partial charge < -0.3 is 30.9 Å². The monoisotopic (exact) mass is 287 g/mol. The molecule has 1 saturated heterocycles. The summed E-state index contributed by atoms with van der Waals surface area (Å²) in [5.74, 6) is 0. The lowest BCUT2D eigenvalue weighted by molar-refractivity contribution is -0.205. The van der Waals surface area contributed by atoms with Crippen LogP contribution in [0.25, 0.3) is 0 Å². The fraction of sp³-hybridized carbons (Fsp3) is 0.500. The van der Waals surface area contributed by atoms with Crippen molar-refractivity contribution in [2.45, 2.75) is 34.7 Å². The first kappa shape index (κ1) is 14.6. The van der Waals surface area contributed by atoms with Crippen LogP contribution in [0.4, 0.5) is 5.69 Å². The smallest absolute Gasteiger partial charge is 0.136 e. The van der Waals surface area contributed by atoms with Gasteiger partial charge in [0.15, 0.2) is 0 Å². The minimum Gasteiger partial charge on any atom is -0.399 e. The summed E-state index contributed by atoms with van der Waals surface area (Å²) in [6.07, 6.45) is -4.80. The number of rotatable bonds is 3. The average Bonchev–Trinajstić information content (AvgIpc) is 2.42. The Morgan fingerprint density at radius 3 is 2.26 bits per heavy atom. The Labute approximate surface area is 114 Å². The molecule has 1 aliphatic rings. The Kier molecular flexibility index (Phi) is 4.67. The van der Waals surface area contributed by atoms with Crippen LogP contribution in [0.5, 0.6) is 0 Å². The van der Waals surface area contributed by atoms with E-state index < -0.39 is 36.5 Å². The average molecular weight is 287 g/mol. The number of benzene rings is 1. The van der Waals surface area contributed by atoms with E-state index in [9.17, 15) is 15.3 Å². The summed E-state index contributed by atoms with van der Waals surface area (Å²) < 4.78 is 5.39. The first-order valence-corrected chi connectivity index (χ1v) is 6.73. The summed E-state index contributed by atoms with van der Waals surface area (Å²) in [7, 11) is 0. The molecule has 1 aromatic rings. The van der Waals surface area contributed by atoms with Gasteiger partial charge in [0.2, 0.25) is 0 Å². The largest absolute Gasteiger partial charge is 0.399 e. The number of aliphatic hydroxyl groups excluding tert-OH is 4. The molecule has 106 valence electrons. The van der Waals surface area contributed by atoms with Crippen LogP contribution in [0.2, 0.25) is 0 Å². The first-order valence-electron chi connectivity index (χ1n) is 5.85. The van der Waals surface area contributed by atoms with Gasteiger partial charge in [0.1, 0.15) is 29.9 Å². The molecule has 1 fully saturated rings. The van der Waals surface area contributed by atoms with Gasteiger partial charge >= 0.3 is 0 Å². The van der Waals surface area contributed by atoms with Gasteiger partial charge in [-0.3, -0.25) is 0 Å². The highest BCUT2D eigenvalue weighted by atomic mass is 32.2. The Hall–Kier alpha value is -0.830. The van der Waals surface area contributed by atoms with E-state index in [-0.39, 0.29) is 0 Å². The van der Waals surface area contributed by atoms with E-state index in [0.29, 0.717) is 5.69 Å². The first-order chi connectivity index (χ1) is 9.02. The maximum absolute atomic E-state index is 9.87. The van der Waals surface area contributed by atoms with Crippen molar-refractivity contribution in [2.24, 2.45) is 0 Å². The summed E-state index contributed by atoms with van der Waals surface area (Å²) in [5, 5.41) is 38.3. The predicted octanol–water partition coefficient (Wildman–Crippen LogP) is -0.839. The van der Waals surface area contributed by atoms with Crippen molar-refractivity contribution in [3.63, 3.8) is 0 Å². The second-order valence-corrected chi connectivity index (χ2v) is 5.56. The van der Waals surface area contributed by atoms with Crippen molar-refractivity contribution in [3.8, 4) is 0 Å². The molecule has 0 spiro atoms. The van der Waals surface area contributed by atoms with Gasteiger partial charge in [-0.2, -0.15) is 0 Å². The highest BCUT2D eigenvalue weighted by molar-refractivity contribution is 7.99. The fourth-order valence-electron chi connectivity index (χ4n) is 1.85. The number of nitrogens with two attached hydrogens (primary N) is 1. The lowest BCUT2D eigenvalue weighted by Gasteiger charge is -2.39. The van der Waals surface area contributed by atoms with Crippen molar-refractivity contribution in [1.29, 1.82) is 0 Å². The molecule has 5 atom stereocenters. The van der Waals surface area contributed by atoms with Crippen molar-refractivity contribution < 1.29 is 25.2 Å². The number of hydrogen-bond acceptors (Lipinski definition) is 7. The lowest BCUT2D eigenvalue weighted by atomic mass is 10.0. The van der Waals surface area contributed by atoms with Gasteiger partial charge in [-0.1, -0.05) is 11.8 Å². The van der Waals surface area contributed by atoms with Crippen LogP contribution in [0.3, 0.4) is 0 Å². The molecule has 0 bridgehead atoms. The number of anilines is 1. The van der Waals surface area contributed by atoms with E-state index in [0.717, 1.165) is 4.90 Å². The molecular formula is C12H17NO5S. The Balaban J connectivity index is 2.08. The number of thioether (sulfide) groups is 1. The zero-order valence-corrected chi connectivity index (χ0v) is 10.9. The van der Waals surface area contributed by atoms with Gasteiger partial charge in [0, 0.05) is 10.6 Å². The second kappa shape index (κ2) is 6.08. The van der Waals surface area contributed by atoms with Crippen LogP contribution in [0.1, 0.15) is 0 Å². The predicted molar refractivity (Wildman–Crippen MR) is 70.5 cm³/mol. The zero-order chi connectivity index (χ0) is 14.0. The maximum atomic E-state index is 9.87. The summed E-state index contributed by atoms with van der Waals surface area (Å²) >= 11 is 1.20. The number of nitrogen functional groups attached to an aromatic ring is 1. The van der Waals surface area contributed by atoms with Crippen LogP contribution in [0, 0.1) is 0 Å². The highest BCUT2D eigenvalue weighted by Gasteiger charge is 2.43. The van der Waals surface area contributed by atoms with Gasteiger partial charge in [-0.05, 0) is 24.3 Å². The number of aliphatic hydroxyl groups is 4. The standard InChI is InChI=1S/C12H17NO5S/c13-6-1-3-7(4-2-6)19-12-11(17)10(16)9(15)8(5-14)18-12/h1-4,8-12,14-17H,5,13H2/t8-,9+,10+,11-,12-/m1/s1. The van der Waals surface area contributed by atoms with Crippen LogP contribution in [0.15, 0.2) is 29.2 Å². The fourth-order valence-corrected chi connectivity index (χ4v) is 2.91. The molecule has 1 aliphatic heterocycles. The quantitative estimate of drug-likeness (QED) is 0.460. The molecule has 6 nitrogen and oxygen atoms in total. The molecule has 0 amide bonds. The molecule has 0 radical (unpaired) electrons. The topological polar surface area (TPSA) is 116 Å². The molecule has 7 heteroatoms. The van der Waals surface area contributed by atoms with Crippen molar-refractivity contribution in [2.75, 3.05) is 12.3 Å². The van der Waals surface area contributed by atoms with Gasteiger partial charge in [0.25, 0.3) is 0 Å². The molecular weight excluding hydrogens is 270 g/mol. The van der Waals surface area contributed by atoms with Gasteiger partial charge in [-0.15, -0.1) is 0 Å². The molecule has 19 heavy (non-hydrogen) atoms. The Morgan fingerprint density at radius 1 is 1.05 bits per heavy atom. The van der Waals surface area contributed by atoms with Crippen molar-refractivity contribution in [3.05, 3.63) is 24.3 Å². The van der Waals surface area contributed by atoms with Crippen LogP contribution in [-0.4, -0.2) is 56.9 Å². The summed E-state index contributed by atoms with van der Waals surface area (Å²) in [6, 6.07) is 6.96. The van der Waals surface area contributed by atoms with Gasteiger partial charge in [0.05, 0.1) is 6.61 Å². The molecule has 1 heterocycles. The van der Waals surface area contributed by atoms with Crippen LogP contribution in [-0.2, 0) is 4.74 Å². The molecule has 2 rings (SSSR count). The highest BCUT2D eigenvalue weighted by Crippen LogP contribution is 2.33. The number of ether oxygens (including phenoxy) is 1. The van der Waals surface area contributed by atoms with E-state index in [4.69, 9.17) is 15.6 Å². The normalized spacial score (nSPS) is 35.3. The van der Waals surface area contributed by atoms with Crippen LogP contribution >= 0.6 is 11.8 Å². The third-order valence-corrected chi connectivity index (χ3v) is 4.15. The summed E-state index contributed by atoms with van der Waals surface area (Å²) in [6.45, 7) is -0.427. The summed E-state index contributed by atoms with van der Waals surface area (Å²) in [4.78, 5) is 0.804. The van der Waals surface area contributed by atoms with E-state index in [1.165, 1.54) is 11.8 Å². The third-order valence-electron chi connectivity index (χ3n) is 2.98. The van der Waals surface area contributed by atoms with E-state index in [1.54, 1.807) is 24.3 Å². The molecule has 0 unspecified atom stereocenters. The molecule has 6 N–H and O–H groups in total.